The molecule has 0 spiro atoms. The van der Waals surface area contributed by atoms with E-state index in [4.69, 9.17) is 21.2 Å². The van der Waals surface area contributed by atoms with Gasteiger partial charge in [0.1, 0.15) is 19.0 Å². The topological polar surface area (TPSA) is 95.2 Å². The first-order chi connectivity index (χ1) is 11.2. The normalized spacial score (nSPS) is 12.0. The summed E-state index contributed by atoms with van der Waals surface area (Å²) in [5.74, 6) is 5.96. The third-order valence-electron chi connectivity index (χ3n) is 3.10. The number of rotatable bonds is 7. The highest BCUT2D eigenvalue weighted by atomic mass is 16.6. The first kappa shape index (κ1) is 16.4. The fraction of sp³-hybridized carbons (Fsp3) is 0.176. The van der Waals surface area contributed by atoms with Crippen molar-refractivity contribution in [2.75, 3.05) is 6.61 Å². The molecule has 0 fully saturated rings. The van der Waals surface area contributed by atoms with Crippen LogP contribution in [0.1, 0.15) is 18.1 Å². The van der Waals surface area contributed by atoms with Crippen LogP contribution >= 0.6 is 0 Å². The summed E-state index contributed by atoms with van der Waals surface area (Å²) in [6.45, 7) is 2.49. The molecule has 6 nitrogen and oxygen atoms in total. The van der Waals surface area contributed by atoms with Gasteiger partial charge in [0.15, 0.2) is 5.84 Å². The minimum absolute atomic E-state index is 0.156. The van der Waals surface area contributed by atoms with Gasteiger partial charge in [-0.2, -0.15) is 5.10 Å². The van der Waals surface area contributed by atoms with E-state index < -0.39 is 0 Å². The van der Waals surface area contributed by atoms with Crippen LogP contribution in [0, 0.1) is 0 Å². The molecule has 6 heteroatoms. The van der Waals surface area contributed by atoms with Crippen molar-refractivity contribution in [2.24, 2.45) is 21.8 Å². The lowest BCUT2D eigenvalue weighted by molar-refractivity contribution is 0.130. The number of ether oxygens (including phenoxy) is 1. The number of hydrazone groups is 1. The number of hydrogen-bond acceptors (Lipinski definition) is 5. The smallest absolute Gasteiger partial charge is 0.157 e. The Labute approximate surface area is 135 Å². The largest absolute Gasteiger partial charge is 0.486 e. The zero-order chi connectivity index (χ0) is 16.5. The van der Waals surface area contributed by atoms with E-state index in [1.807, 2.05) is 61.5 Å². The van der Waals surface area contributed by atoms with E-state index >= 15 is 0 Å². The molecule has 120 valence electrons. The maximum Gasteiger partial charge on any atom is 0.157 e. The molecule has 0 radical (unpaired) electrons. The summed E-state index contributed by atoms with van der Waals surface area (Å²) >= 11 is 0. The fourth-order valence-electron chi connectivity index (χ4n) is 1.82. The van der Waals surface area contributed by atoms with Crippen molar-refractivity contribution in [1.29, 1.82) is 0 Å². The van der Waals surface area contributed by atoms with Gasteiger partial charge in [-0.25, -0.2) is 0 Å². The molecule has 0 aliphatic rings. The minimum atomic E-state index is 0.156. The van der Waals surface area contributed by atoms with Crippen molar-refractivity contribution in [3.63, 3.8) is 0 Å². The molecule has 2 aromatic carbocycles. The van der Waals surface area contributed by atoms with Gasteiger partial charge in [0.05, 0.1) is 5.71 Å². The highest BCUT2D eigenvalue weighted by Crippen LogP contribution is 2.13. The van der Waals surface area contributed by atoms with E-state index in [1.165, 1.54) is 0 Å². The summed E-state index contributed by atoms with van der Waals surface area (Å²) in [6.07, 6.45) is 0. The molecule has 0 heterocycles. The number of benzene rings is 2. The monoisotopic (exact) mass is 312 g/mol. The van der Waals surface area contributed by atoms with Crippen LogP contribution in [0.4, 0.5) is 0 Å². The second-order valence-corrected chi connectivity index (χ2v) is 4.87. The van der Waals surface area contributed by atoms with Crippen molar-refractivity contribution >= 4 is 11.5 Å². The van der Waals surface area contributed by atoms with Crippen molar-refractivity contribution in [3.8, 4) is 5.75 Å². The molecule has 0 amide bonds. The van der Waals surface area contributed by atoms with E-state index in [0.29, 0.717) is 12.4 Å². The molecule has 0 saturated heterocycles. The van der Waals surface area contributed by atoms with Crippen LogP contribution in [-0.2, 0) is 11.4 Å². The van der Waals surface area contributed by atoms with E-state index in [2.05, 4.69) is 10.3 Å². The van der Waals surface area contributed by atoms with Crippen LogP contribution in [0.5, 0.6) is 5.75 Å². The number of hydrogen-bond donors (Lipinski definition) is 2. The first-order valence-corrected chi connectivity index (χ1v) is 7.15. The standard InChI is InChI=1S/C17H20N4O2/c1-13(21-23-11-14-5-3-2-4-6-14)15-7-9-16(10-8-15)22-12-17(18)20-19/h2-10H,11-12,19H2,1H3,(H2,18,20)/b21-13+. The van der Waals surface area contributed by atoms with Crippen LogP contribution in [0.25, 0.3) is 0 Å². The summed E-state index contributed by atoms with van der Waals surface area (Å²) in [5, 5.41) is 7.47. The molecular formula is C17H20N4O2. The van der Waals surface area contributed by atoms with Crippen molar-refractivity contribution in [2.45, 2.75) is 13.5 Å². The summed E-state index contributed by atoms with van der Waals surface area (Å²) in [7, 11) is 0. The number of nitrogens with two attached hydrogens (primary N) is 2. The Morgan fingerprint density at radius 1 is 1.04 bits per heavy atom. The Balaban J connectivity index is 1.89. The molecule has 0 bridgehead atoms. The van der Waals surface area contributed by atoms with Gasteiger partial charge in [0.2, 0.25) is 0 Å². The molecule has 23 heavy (non-hydrogen) atoms. The molecule has 2 aromatic rings. The van der Waals surface area contributed by atoms with E-state index in [1.54, 1.807) is 0 Å². The zero-order valence-electron chi connectivity index (χ0n) is 13.0. The number of amidine groups is 1. The van der Waals surface area contributed by atoms with Crippen molar-refractivity contribution < 1.29 is 9.57 Å². The second-order valence-electron chi connectivity index (χ2n) is 4.87. The average Bonchev–Trinajstić information content (AvgIpc) is 2.61. The fourth-order valence-corrected chi connectivity index (χ4v) is 1.82. The van der Waals surface area contributed by atoms with Crippen LogP contribution in [0.15, 0.2) is 64.9 Å². The lowest BCUT2D eigenvalue weighted by Crippen LogP contribution is -2.22. The Morgan fingerprint density at radius 2 is 1.74 bits per heavy atom. The second kappa shape index (κ2) is 8.43. The Kier molecular flexibility index (Phi) is 5.99. The predicted molar refractivity (Wildman–Crippen MR) is 91.2 cm³/mol. The third kappa shape index (κ3) is 5.35. The summed E-state index contributed by atoms with van der Waals surface area (Å²) < 4.78 is 5.43. The van der Waals surface area contributed by atoms with Gasteiger partial charge in [-0.1, -0.05) is 35.5 Å². The maximum absolute atomic E-state index is 5.47. The number of nitrogens with zero attached hydrogens (tertiary/aromatic N) is 2. The molecule has 0 saturated carbocycles. The van der Waals surface area contributed by atoms with Crippen LogP contribution < -0.4 is 16.3 Å². The van der Waals surface area contributed by atoms with E-state index in [0.717, 1.165) is 16.8 Å². The average molecular weight is 312 g/mol. The molecule has 0 aliphatic carbocycles. The Bertz CT molecular complexity index is 667. The third-order valence-corrected chi connectivity index (χ3v) is 3.10. The molecule has 4 N–H and O–H groups in total. The lowest BCUT2D eigenvalue weighted by atomic mass is 10.1. The van der Waals surface area contributed by atoms with Crippen LogP contribution in [0.3, 0.4) is 0 Å². The minimum Gasteiger partial charge on any atom is -0.486 e. The van der Waals surface area contributed by atoms with Crippen molar-refractivity contribution in [1.82, 2.24) is 0 Å². The highest BCUT2D eigenvalue weighted by molar-refractivity contribution is 5.98. The highest BCUT2D eigenvalue weighted by Gasteiger charge is 2.01. The molecule has 0 aliphatic heterocycles. The lowest BCUT2D eigenvalue weighted by Gasteiger charge is -2.06. The van der Waals surface area contributed by atoms with Gasteiger partial charge in [0.25, 0.3) is 0 Å². The molecule has 0 unspecified atom stereocenters. The van der Waals surface area contributed by atoms with Gasteiger partial charge < -0.3 is 21.2 Å². The van der Waals surface area contributed by atoms with Crippen molar-refractivity contribution in [3.05, 3.63) is 65.7 Å². The predicted octanol–water partition coefficient (Wildman–Crippen LogP) is 2.24. The molecular weight excluding hydrogens is 292 g/mol. The SMILES string of the molecule is C/C(=N\OCc1ccccc1)c1ccc(OC/C(N)=N/N)cc1. The summed E-state index contributed by atoms with van der Waals surface area (Å²) in [5.41, 5.74) is 8.28. The maximum atomic E-state index is 5.47. The zero-order valence-corrected chi connectivity index (χ0v) is 13.0. The molecule has 2 rings (SSSR count). The molecule has 0 aromatic heterocycles. The van der Waals surface area contributed by atoms with Crippen LogP contribution in [-0.4, -0.2) is 18.2 Å². The Morgan fingerprint density at radius 3 is 2.39 bits per heavy atom. The van der Waals surface area contributed by atoms with Gasteiger partial charge in [-0.3, -0.25) is 0 Å². The van der Waals surface area contributed by atoms with Gasteiger partial charge in [-0.15, -0.1) is 0 Å². The number of oxime groups is 1. The summed E-state index contributed by atoms with van der Waals surface area (Å²) in [6, 6.07) is 17.3. The van der Waals surface area contributed by atoms with Gasteiger partial charge in [-0.05, 0) is 42.3 Å². The van der Waals surface area contributed by atoms with E-state index in [9.17, 15) is 0 Å². The Hall–Kier alpha value is -3.02. The molecule has 0 atom stereocenters. The quantitative estimate of drug-likeness (QED) is 0.355. The van der Waals surface area contributed by atoms with Gasteiger partial charge in [0, 0.05) is 0 Å². The van der Waals surface area contributed by atoms with E-state index in [-0.39, 0.29) is 12.4 Å². The first-order valence-electron chi connectivity index (χ1n) is 7.15. The van der Waals surface area contributed by atoms with Crippen LogP contribution in [0.2, 0.25) is 0 Å². The summed E-state index contributed by atoms with van der Waals surface area (Å²) in [4.78, 5) is 5.37. The van der Waals surface area contributed by atoms with Gasteiger partial charge >= 0.3 is 0 Å².